The molecular formula is C8H24O. The Kier molecular flexibility index (Phi) is 107. The van der Waals surface area contributed by atoms with E-state index >= 15 is 0 Å². The average Bonchev–Trinajstić information content (AvgIpc) is 1.38. The minimum absolute atomic E-state index is 0. The standard InChI is InChI=1S/C4H8O.4CH4/c1-3-4(2)5;;;;/h3H2,1-2H3;4*1H4. The summed E-state index contributed by atoms with van der Waals surface area (Å²) in [6.07, 6.45) is 0.667. The molecule has 0 amide bonds. The zero-order valence-corrected chi connectivity index (χ0v) is 3.62. The van der Waals surface area contributed by atoms with Gasteiger partial charge in [-0.2, -0.15) is 0 Å². The lowest BCUT2D eigenvalue weighted by Gasteiger charge is -1.71. The summed E-state index contributed by atoms with van der Waals surface area (Å²) in [4.78, 5) is 9.81. The minimum Gasteiger partial charge on any atom is -0.300 e. The smallest absolute Gasteiger partial charge is 0.129 e. The van der Waals surface area contributed by atoms with Gasteiger partial charge in [0.05, 0.1) is 0 Å². The fraction of sp³-hybridized carbons (Fsp3) is 0.875. The Labute approximate surface area is 61.5 Å². The fourth-order valence-electron chi connectivity index (χ4n) is 0. The van der Waals surface area contributed by atoms with Crippen LogP contribution in [0, 0.1) is 0 Å². The fourth-order valence-corrected chi connectivity index (χ4v) is 0. The molecule has 9 heavy (non-hydrogen) atoms. The molecule has 0 aromatic carbocycles. The van der Waals surface area contributed by atoms with E-state index in [4.69, 9.17) is 0 Å². The van der Waals surface area contributed by atoms with Gasteiger partial charge in [0.25, 0.3) is 0 Å². The van der Waals surface area contributed by atoms with Gasteiger partial charge in [-0.1, -0.05) is 36.6 Å². The molecule has 1 nitrogen and oxygen atoms in total. The third-order valence-corrected chi connectivity index (χ3v) is 0.498. The minimum atomic E-state index is 0. The van der Waals surface area contributed by atoms with E-state index in [1.807, 2.05) is 6.92 Å². The molecule has 0 aromatic rings. The van der Waals surface area contributed by atoms with Crippen molar-refractivity contribution in [1.82, 2.24) is 0 Å². The molecule has 0 rings (SSSR count). The van der Waals surface area contributed by atoms with Crippen LogP contribution < -0.4 is 0 Å². The summed E-state index contributed by atoms with van der Waals surface area (Å²) in [6, 6.07) is 0. The van der Waals surface area contributed by atoms with Crippen LogP contribution in [0.5, 0.6) is 0 Å². The number of Topliss-reactive ketones (excluding diaryl/α,β-unsaturated/α-hetero) is 1. The summed E-state index contributed by atoms with van der Waals surface area (Å²) >= 11 is 0. The first-order valence-corrected chi connectivity index (χ1v) is 1.76. The van der Waals surface area contributed by atoms with Gasteiger partial charge in [-0.3, -0.25) is 0 Å². The highest BCUT2D eigenvalue weighted by molar-refractivity contribution is 5.74. The highest BCUT2D eigenvalue weighted by Crippen LogP contribution is 1.71. The van der Waals surface area contributed by atoms with E-state index in [1.165, 1.54) is 0 Å². The number of ketones is 1. The molecule has 0 saturated heterocycles. The van der Waals surface area contributed by atoms with E-state index in [2.05, 4.69) is 0 Å². The zero-order chi connectivity index (χ0) is 4.28. The maximum Gasteiger partial charge on any atom is 0.129 e. The van der Waals surface area contributed by atoms with Crippen molar-refractivity contribution in [3.8, 4) is 0 Å². The van der Waals surface area contributed by atoms with Crippen molar-refractivity contribution in [2.45, 2.75) is 50.0 Å². The van der Waals surface area contributed by atoms with E-state index in [-0.39, 0.29) is 35.5 Å². The Balaban J connectivity index is -0.0000000133. The van der Waals surface area contributed by atoms with Crippen LogP contribution in [0.15, 0.2) is 0 Å². The lowest BCUT2D eigenvalue weighted by Crippen LogP contribution is -1.80. The summed E-state index contributed by atoms with van der Waals surface area (Å²) in [5, 5.41) is 0. The molecule has 0 radical (unpaired) electrons. The predicted molar refractivity (Wildman–Crippen MR) is 47.9 cm³/mol. The lowest BCUT2D eigenvalue weighted by atomic mass is 10.4. The lowest BCUT2D eigenvalue weighted by molar-refractivity contribution is -0.116. The second kappa shape index (κ2) is 25.3. The Morgan fingerprint density at radius 3 is 1.22 bits per heavy atom. The normalized spacial score (nSPS) is 4.22. The van der Waals surface area contributed by atoms with Crippen LogP contribution in [-0.2, 0) is 4.79 Å². The summed E-state index contributed by atoms with van der Waals surface area (Å²) in [6.45, 7) is 3.43. The van der Waals surface area contributed by atoms with Gasteiger partial charge in [0.2, 0.25) is 0 Å². The third-order valence-electron chi connectivity index (χ3n) is 0.498. The van der Waals surface area contributed by atoms with Gasteiger partial charge in [-0.05, 0) is 6.92 Å². The molecule has 0 saturated carbocycles. The number of carbonyl (C=O) groups excluding carboxylic acids is 1. The second-order valence-electron chi connectivity index (χ2n) is 1.06. The van der Waals surface area contributed by atoms with Gasteiger partial charge in [-0.15, -0.1) is 0 Å². The molecule has 0 unspecified atom stereocenters. The molecule has 62 valence electrons. The molecule has 0 aliphatic carbocycles. The molecule has 0 atom stereocenters. The van der Waals surface area contributed by atoms with Crippen molar-refractivity contribution < 1.29 is 4.79 Å². The van der Waals surface area contributed by atoms with Gasteiger partial charge >= 0.3 is 0 Å². The van der Waals surface area contributed by atoms with Gasteiger partial charge in [0.1, 0.15) is 5.78 Å². The Bertz CT molecular complexity index is 39.8. The van der Waals surface area contributed by atoms with Crippen molar-refractivity contribution >= 4 is 5.78 Å². The van der Waals surface area contributed by atoms with Gasteiger partial charge in [0.15, 0.2) is 0 Å². The highest BCUT2D eigenvalue weighted by Gasteiger charge is 1.76. The summed E-state index contributed by atoms with van der Waals surface area (Å²) in [7, 11) is 0. The molecule has 0 bridgehead atoms. The maximum absolute atomic E-state index is 9.81. The number of hydrogen-bond acceptors (Lipinski definition) is 1. The SMILES string of the molecule is C.C.C.C.CCC(C)=O. The molecule has 0 N–H and O–H groups in total. The van der Waals surface area contributed by atoms with Crippen molar-refractivity contribution in [3.05, 3.63) is 0 Å². The number of rotatable bonds is 1. The van der Waals surface area contributed by atoms with E-state index in [9.17, 15) is 4.79 Å². The molecular weight excluding hydrogens is 112 g/mol. The molecule has 0 fully saturated rings. The van der Waals surface area contributed by atoms with Crippen LogP contribution >= 0.6 is 0 Å². The quantitative estimate of drug-likeness (QED) is 0.539. The molecule has 1 heteroatoms. The molecule has 0 spiro atoms. The van der Waals surface area contributed by atoms with Crippen molar-refractivity contribution in [2.24, 2.45) is 0 Å². The Morgan fingerprint density at radius 2 is 1.22 bits per heavy atom. The summed E-state index contributed by atoms with van der Waals surface area (Å²) in [5.41, 5.74) is 0. The first-order valence-electron chi connectivity index (χ1n) is 1.76. The summed E-state index contributed by atoms with van der Waals surface area (Å²) in [5.74, 6) is 0.255. The van der Waals surface area contributed by atoms with Gasteiger partial charge < -0.3 is 4.79 Å². The topological polar surface area (TPSA) is 17.1 Å². The zero-order valence-electron chi connectivity index (χ0n) is 3.62. The van der Waals surface area contributed by atoms with Crippen LogP contribution in [0.2, 0.25) is 0 Å². The predicted octanol–water partition coefficient (Wildman–Crippen LogP) is 3.53. The van der Waals surface area contributed by atoms with Crippen molar-refractivity contribution in [3.63, 3.8) is 0 Å². The van der Waals surface area contributed by atoms with E-state index in [0.29, 0.717) is 6.42 Å². The van der Waals surface area contributed by atoms with Crippen LogP contribution in [0.1, 0.15) is 50.0 Å². The molecule has 0 aliphatic heterocycles. The Morgan fingerprint density at radius 1 is 1.11 bits per heavy atom. The highest BCUT2D eigenvalue weighted by atomic mass is 16.1. The first kappa shape index (κ1) is 37.9. The Hall–Kier alpha value is -0.330. The van der Waals surface area contributed by atoms with Crippen LogP contribution in [0.4, 0.5) is 0 Å². The molecule has 0 heterocycles. The van der Waals surface area contributed by atoms with E-state index in [1.54, 1.807) is 6.92 Å². The summed E-state index contributed by atoms with van der Waals surface area (Å²) < 4.78 is 0. The van der Waals surface area contributed by atoms with E-state index < -0.39 is 0 Å². The first-order chi connectivity index (χ1) is 2.27. The molecule has 0 aromatic heterocycles. The van der Waals surface area contributed by atoms with Gasteiger partial charge in [0, 0.05) is 6.42 Å². The van der Waals surface area contributed by atoms with Crippen molar-refractivity contribution in [2.75, 3.05) is 0 Å². The molecule has 0 aliphatic rings. The third kappa shape index (κ3) is 88.4. The number of hydrogen-bond donors (Lipinski definition) is 0. The van der Waals surface area contributed by atoms with Crippen LogP contribution in [0.25, 0.3) is 0 Å². The van der Waals surface area contributed by atoms with Crippen LogP contribution in [-0.4, -0.2) is 5.78 Å². The monoisotopic (exact) mass is 136 g/mol. The maximum atomic E-state index is 9.81. The number of carbonyl (C=O) groups is 1. The van der Waals surface area contributed by atoms with Crippen LogP contribution in [0.3, 0.4) is 0 Å². The van der Waals surface area contributed by atoms with Gasteiger partial charge in [-0.25, -0.2) is 0 Å². The van der Waals surface area contributed by atoms with Crippen molar-refractivity contribution in [1.29, 1.82) is 0 Å². The van der Waals surface area contributed by atoms with E-state index in [0.717, 1.165) is 0 Å². The second-order valence-corrected chi connectivity index (χ2v) is 1.06. The largest absolute Gasteiger partial charge is 0.300 e. The average molecular weight is 136 g/mol.